The molecule has 0 spiro atoms. The molecule has 1 fully saturated rings. The van der Waals surface area contributed by atoms with E-state index in [0.29, 0.717) is 17.2 Å². The summed E-state index contributed by atoms with van der Waals surface area (Å²) in [6, 6.07) is 6.69. The molecule has 2 rings (SSSR count). The van der Waals surface area contributed by atoms with E-state index in [1.807, 2.05) is 0 Å². The highest BCUT2D eigenvalue weighted by molar-refractivity contribution is 7.89. The SMILES string of the molecule is COc1ccc(C(=O)NCCS(=O)(=O)N[C@H]2CCCC[C@H]2C)cc1. The van der Waals surface area contributed by atoms with Gasteiger partial charge in [0.15, 0.2) is 0 Å². The van der Waals surface area contributed by atoms with Crippen LogP contribution in [0.25, 0.3) is 0 Å². The van der Waals surface area contributed by atoms with Gasteiger partial charge in [-0.25, -0.2) is 13.1 Å². The molecule has 1 saturated carbocycles. The summed E-state index contributed by atoms with van der Waals surface area (Å²) in [4.78, 5) is 12.0. The van der Waals surface area contributed by atoms with Crippen molar-refractivity contribution in [3.8, 4) is 5.75 Å². The molecule has 0 heterocycles. The highest BCUT2D eigenvalue weighted by Crippen LogP contribution is 2.24. The zero-order valence-corrected chi connectivity index (χ0v) is 15.1. The molecule has 0 saturated heterocycles. The molecular weight excluding hydrogens is 328 g/mol. The van der Waals surface area contributed by atoms with Crippen LogP contribution in [-0.4, -0.2) is 39.8 Å². The number of methoxy groups -OCH3 is 1. The first kappa shape index (κ1) is 18.7. The number of hydrogen-bond acceptors (Lipinski definition) is 4. The van der Waals surface area contributed by atoms with Crippen molar-refractivity contribution < 1.29 is 17.9 Å². The normalized spacial score (nSPS) is 21.2. The van der Waals surface area contributed by atoms with Crippen LogP contribution in [0.15, 0.2) is 24.3 Å². The number of carbonyl (C=O) groups excluding carboxylic acids is 1. The molecule has 7 heteroatoms. The lowest BCUT2D eigenvalue weighted by atomic mass is 9.87. The quantitative estimate of drug-likeness (QED) is 0.783. The average molecular weight is 354 g/mol. The van der Waals surface area contributed by atoms with E-state index in [-0.39, 0.29) is 24.2 Å². The molecule has 2 N–H and O–H groups in total. The van der Waals surface area contributed by atoms with Crippen LogP contribution in [0.3, 0.4) is 0 Å². The van der Waals surface area contributed by atoms with Crippen molar-refractivity contribution in [1.82, 2.24) is 10.0 Å². The van der Waals surface area contributed by atoms with E-state index in [0.717, 1.165) is 25.7 Å². The topological polar surface area (TPSA) is 84.5 Å². The highest BCUT2D eigenvalue weighted by atomic mass is 32.2. The summed E-state index contributed by atoms with van der Waals surface area (Å²) >= 11 is 0. The molecule has 1 aliphatic carbocycles. The molecule has 0 aliphatic heterocycles. The van der Waals surface area contributed by atoms with Crippen molar-refractivity contribution in [2.45, 2.75) is 38.6 Å². The maximum absolute atomic E-state index is 12.2. The predicted molar refractivity (Wildman–Crippen MR) is 93.7 cm³/mol. The predicted octanol–water partition coefficient (Wildman–Crippen LogP) is 1.92. The van der Waals surface area contributed by atoms with E-state index in [1.165, 1.54) is 0 Å². The minimum atomic E-state index is -3.39. The molecule has 1 aromatic carbocycles. The van der Waals surface area contributed by atoms with Gasteiger partial charge in [0, 0.05) is 18.2 Å². The molecule has 0 aromatic heterocycles. The van der Waals surface area contributed by atoms with Crippen LogP contribution in [0.4, 0.5) is 0 Å². The fraction of sp³-hybridized carbons (Fsp3) is 0.588. The Bertz CT molecular complexity index is 643. The van der Waals surface area contributed by atoms with Gasteiger partial charge in [0.2, 0.25) is 10.0 Å². The number of nitrogens with one attached hydrogen (secondary N) is 2. The second kappa shape index (κ2) is 8.48. The van der Waals surface area contributed by atoms with E-state index >= 15 is 0 Å². The molecule has 2 atom stereocenters. The van der Waals surface area contributed by atoms with Crippen molar-refractivity contribution in [3.63, 3.8) is 0 Å². The Balaban J connectivity index is 1.80. The Morgan fingerprint density at radius 2 is 1.88 bits per heavy atom. The maximum Gasteiger partial charge on any atom is 0.251 e. The van der Waals surface area contributed by atoms with Gasteiger partial charge in [-0.2, -0.15) is 0 Å². The number of rotatable bonds is 7. The molecule has 24 heavy (non-hydrogen) atoms. The zero-order valence-electron chi connectivity index (χ0n) is 14.2. The van der Waals surface area contributed by atoms with E-state index in [9.17, 15) is 13.2 Å². The van der Waals surface area contributed by atoms with Gasteiger partial charge in [0.25, 0.3) is 5.91 Å². The molecule has 1 amide bonds. The third kappa shape index (κ3) is 5.49. The summed E-state index contributed by atoms with van der Waals surface area (Å²) in [5, 5.41) is 2.64. The lowest BCUT2D eigenvalue weighted by Gasteiger charge is -2.29. The van der Waals surface area contributed by atoms with Crippen LogP contribution >= 0.6 is 0 Å². The fourth-order valence-corrected chi connectivity index (χ4v) is 4.22. The van der Waals surface area contributed by atoms with Crippen LogP contribution in [-0.2, 0) is 10.0 Å². The summed E-state index contributed by atoms with van der Waals surface area (Å²) in [5.74, 6) is 0.624. The maximum atomic E-state index is 12.2. The second-order valence-electron chi connectivity index (χ2n) is 6.29. The Labute approximate surface area is 144 Å². The summed E-state index contributed by atoms with van der Waals surface area (Å²) in [6.07, 6.45) is 4.17. The molecule has 1 aromatic rings. The van der Waals surface area contributed by atoms with Crippen LogP contribution < -0.4 is 14.8 Å². The van der Waals surface area contributed by atoms with Gasteiger partial charge in [-0.3, -0.25) is 4.79 Å². The lowest BCUT2D eigenvalue weighted by Crippen LogP contribution is -2.43. The molecule has 1 aliphatic rings. The number of benzene rings is 1. The van der Waals surface area contributed by atoms with Gasteiger partial charge in [-0.05, 0) is 43.0 Å². The van der Waals surface area contributed by atoms with Gasteiger partial charge < -0.3 is 10.1 Å². The third-order valence-electron chi connectivity index (χ3n) is 4.45. The number of sulfonamides is 1. The monoisotopic (exact) mass is 354 g/mol. The Hall–Kier alpha value is -1.60. The van der Waals surface area contributed by atoms with E-state index < -0.39 is 10.0 Å². The lowest BCUT2D eigenvalue weighted by molar-refractivity contribution is 0.0956. The van der Waals surface area contributed by atoms with Crippen LogP contribution in [0.2, 0.25) is 0 Å². The summed E-state index contributed by atoms with van der Waals surface area (Å²) in [6.45, 7) is 2.17. The second-order valence-corrected chi connectivity index (χ2v) is 8.16. The Morgan fingerprint density at radius 1 is 1.21 bits per heavy atom. The van der Waals surface area contributed by atoms with Crippen LogP contribution in [0, 0.1) is 5.92 Å². The smallest absolute Gasteiger partial charge is 0.251 e. The highest BCUT2D eigenvalue weighted by Gasteiger charge is 2.25. The molecular formula is C17H26N2O4S. The molecule has 6 nitrogen and oxygen atoms in total. The summed E-state index contributed by atoms with van der Waals surface area (Å²) < 4.78 is 32.1. The first-order chi connectivity index (χ1) is 11.4. The van der Waals surface area contributed by atoms with E-state index in [2.05, 4.69) is 17.0 Å². The minimum absolute atomic E-state index is 0.0149. The first-order valence-corrected chi connectivity index (χ1v) is 9.99. The first-order valence-electron chi connectivity index (χ1n) is 8.33. The van der Waals surface area contributed by atoms with Crippen molar-refractivity contribution in [2.75, 3.05) is 19.4 Å². The minimum Gasteiger partial charge on any atom is -0.497 e. The molecule has 0 bridgehead atoms. The standard InChI is InChI=1S/C17H26N2O4S/c1-13-5-3-4-6-16(13)19-24(21,22)12-11-18-17(20)14-7-9-15(23-2)10-8-14/h7-10,13,16,19H,3-6,11-12H2,1-2H3,(H,18,20)/t13-,16+/m1/s1. The summed E-state index contributed by atoms with van der Waals surface area (Å²) in [5.41, 5.74) is 0.474. The van der Waals surface area contributed by atoms with E-state index in [1.54, 1.807) is 31.4 Å². The zero-order chi connectivity index (χ0) is 17.6. The third-order valence-corrected chi connectivity index (χ3v) is 5.85. The van der Waals surface area contributed by atoms with Gasteiger partial charge in [0.1, 0.15) is 5.75 Å². The van der Waals surface area contributed by atoms with Gasteiger partial charge >= 0.3 is 0 Å². The van der Waals surface area contributed by atoms with E-state index in [4.69, 9.17) is 4.74 Å². The van der Waals surface area contributed by atoms with Crippen LogP contribution in [0.1, 0.15) is 43.0 Å². The van der Waals surface area contributed by atoms with Gasteiger partial charge in [-0.1, -0.05) is 19.8 Å². The largest absolute Gasteiger partial charge is 0.497 e. The van der Waals surface area contributed by atoms with Crippen molar-refractivity contribution in [1.29, 1.82) is 0 Å². The number of carbonyl (C=O) groups is 1. The Kier molecular flexibility index (Phi) is 6.62. The molecule has 0 unspecified atom stereocenters. The number of amides is 1. The fourth-order valence-electron chi connectivity index (χ4n) is 2.92. The molecule has 134 valence electrons. The number of hydrogen-bond donors (Lipinski definition) is 2. The van der Waals surface area contributed by atoms with Gasteiger partial charge in [-0.15, -0.1) is 0 Å². The van der Waals surface area contributed by atoms with Crippen molar-refractivity contribution in [3.05, 3.63) is 29.8 Å². The van der Waals surface area contributed by atoms with Crippen molar-refractivity contribution in [2.24, 2.45) is 5.92 Å². The molecule has 0 radical (unpaired) electrons. The average Bonchev–Trinajstić information content (AvgIpc) is 2.56. The Morgan fingerprint density at radius 3 is 2.50 bits per heavy atom. The number of ether oxygens (including phenoxy) is 1. The van der Waals surface area contributed by atoms with Crippen LogP contribution in [0.5, 0.6) is 5.75 Å². The summed E-state index contributed by atoms with van der Waals surface area (Å²) in [7, 11) is -1.83. The van der Waals surface area contributed by atoms with Crippen molar-refractivity contribution >= 4 is 15.9 Å². The van der Waals surface area contributed by atoms with Gasteiger partial charge in [0.05, 0.1) is 12.9 Å².